The molecule has 0 saturated carbocycles. The number of nitrogens with one attached hydrogen (secondary N) is 2. The fourth-order valence-corrected chi connectivity index (χ4v) is 8.76. The van der Waals surface area contributed by atoms with Crippen LogP contribution in [0, 0.1) is 0 Å². The molecule has 0 bridgehead atoms. The van der Waals surface area contributed by atoms with Gasteiger partial charge in [0, 0.05) is 22.0 Å². The van der Waals surface area contributed by atoms with E-state index in [9.17, 15) is 9.59 Å². The summed E-state index contributed by atoms with van der Waals surface area (Å²) in [6.07, 6.45) is 0. The Morgan fingerprint density at radius 2 is 1.50 bits per heavy atom. The van der Waals surface area contributed by atoms with E-state index in [1.807, 2.05) is 121 Å². The third-order valence-electron chi connectivity index (χ3n) is 8.01. The van der Waals surface area contributed by atoms with Crippen molar-refractivity contribution in [3.63, 3.8) is 0 Å². The minimum atomic E-state index is -0.516. The largest absolute Gasteiger partial charge is 0.344 e. The van der Waals surface area contributed by atoms with Crippen molar-refractivity contribution in [2.45, 2.75) is 27.7 Å². The van der Waals surface area contributed by atoms with Crippen LogP contribution in [0.2, 0.25) is 10.0 Å². The molecule has 52 heavy (non-hydrogen) atoms. The minimum Gasteiger partial charge on any atom is -0.344 e. The van der Waals surface area contributed by atoms with Crippen LogP contribution in [0.15, 0.2) is 137 Å². The zero-order valence-electron chi connectivity index (χ0n) is 27.6. The summed E-state index contributed by atoms with van der Waals surface area (Å²) in [6, 6.07) is 40.1. The van der Waals surface area contributed by atoms with Gasteiger partial charge in [0.1, 0.15) is 0 Å². The number of benzene rings is 5. The second-order valence-electron chi connectivity index (χ2n) is 11.6. The third kappa shape index (κ3) is 8.35. The van der Waals surface area contributed by atoms with E-state index in [2.05, 4.69) is 20.8 Å². The number of aromatic nitrogens is 4. The summed E-state index contributed by atoms with van der Waals surface area (Å²) in [5.74, 6) is 0.471. The van der Waals surface area contributed by atoms with E-state index in [1.165, 1.54) is 34.9 Å². The molecule has 260 valence electrons. The molecule has 2 aromatic heterocycles. The maximum Gasteiger partial charge on any atom is 0.237 e. The number of halogens is 2. The van der Waals surface area contributed by atoms with Gasteiger partial charge in [-0.2, -0.15) is 0 Å². The Balaban J connectivity index is 1.01. The topological polar surface area (TPSA) is 102 Å². The average Bonchev–Trinajstić information content (AvgIpc) is 3.77. The van der Waals surface area contributed by atoms with E-state index in [0.717, 1.165) is 31.4 Å². The lowest BCUT2D eigenvalue weighted by Gasteiger charge is -2.19. The molecule has 0 aliphatic carbocycles. The van der Waals surface area contributed by atoms with Crippen LogP contribution in [0.1, 0.15) is 24.1 Å². The number of thiazole rings is 1. The average molecular weight is 782 g/mol. The molecule has 7 rings (SSSR count). The summed E-state index contributed by atoms with van der Waals surface area (Å²) in [7, 11) is 0. The SMILES string of the molecule is C[C@H](Sc1nnc(-c2ccc(Cl)cc2Cl)n1-c1ccccc1)C(=O)Nc1ccc2nc(SCC(=O)NC(c3ccccc3)c3ccccc3)sc2c1. The van der Waals surface area contributed by atoms with Crippen LogP contribution in [-0.4, -0.2) is 42.6 Å². The molecule has 0 aliphatic rings. The maximum atomic E-state index is 13.5. The van der Waals surface area contributed by atoms with Crippen molar-refractivity contribution in [2.75, 3.05) is 11.1 Å². The first kappa shape index (κ1) is 35.7. The second-order valence-corrected chi connectivity index (χ2v) is 16.0. The smallest absolute Gasteiger partial charge is 0.237 e. The highest BCUT2D eigenvalue weighted by Gasteiger charge is 2.24. The number of fused-ring (bicyclic) bond motifs is 1. The Morgan fingerprint density at radius 1 is 0.827 bits per heavy atom. The highest BCUT2D eigenvalue weighted by molar-refractivity contribution is 8.01. The van der Waals surface area contributed by atoms with Crippen LogP contribution in [-0.2, 0) is 9.59 Å². The number of thioether (sulfide) groups is 2. The second kappa shape index (κ2) is 16.4. The molecule has 7 aromatic rings. The van der Waals surface area contributed by atoms with Gasteiger partial charge >= 0.3 is 0 Å². The molecule has 5 aromatic carbocycles. The Kier molecular flexibility index (Phi) is 11.2. The molecule has 2 amide bonds. The molecule has 0 radical (unpaired) electrons. The first-order valence-electron chi connectivity index (χ1n) is 16.2. The predicted octanol–water partition coefficient (Wildman–Crippen LogP) is 9.97. The van der Waals surface area contributed by atoms with E-state index in [1.54, 1.807) is 18.2 Å². The molecule has 0 aliphatic heterocycles. The number of para-hydroxylation sites is 1. The fraction of sp³-hybridized carbons (Fsp3) is 0.103. The van der Waals surface area contributed by atoms with E-state index in [4.69, 9.17) is 28.2 Å². The van der Waals surface area contributed by atoms with Crippen LogP contribution < -0.4 is 10.6 Å². The maximum absolute atomic E-state index is 13.5. The number of amides is 2. The normalized spacial score (nSPS) is 11.8. The number of rotatable bonds is 12. The molecule has 2 N–H and O–H groups in total. The van der Waals surface area contributed by atoms with Gasteiger partial charge in [-0.1, -0.05) is 126 Å². The number of carbonyl (C=O) groups excluding carboxylic acids is 2. The third-order valence-corrected chi connectivity index (χ3v) is 11.8. The quantitative estimate of drug-likeness (QED) is 0.119. The summed E-state index contributed by atoms with van der Waals surface area (Å²) in [5, 5.41) is 16.1. The van der Waals surface area contributed by atoms with Crippen LogP contribution >= 0.6 is 58.1 Å². The Labute approximate surface area is 323 Å². The van der Waals surface area contributed by atoms with Crippen molar-refractivity contribution in [3.05, 3.63) is 149 Å². The first-order valence-corrected chi connectivity index (χ1v) is 19.6. The van der Waals surface area contributed by atoms with Gasteiger partial charge in [0.05, 0.1) is 32.3 Å². The van der Waals surface area contributed by atoms with Gasteiger partial charge in [-0.25, -0.2) is 4.98 Å². The molecule has 0 spiro atoms. The van der Waals surface area contributed by atoms with Crippen molar-refractivity contribution in [1.82, 2.24) is 25.1 Å². The van der Waals surface area contributed by atoms with E-state index in [-0.39, 0.29) is 23.6 Å². The van der Waals surface area contributed by atoms with Crippen LogP contribution in [0.5, 0.6) is 0 Å². The van der Waals surface area contributed by atoms with Crippen LogP contribution in [0.25, 0.3) is 27.3 Å². The molecule has 0 unspecified atom stereocenters. The fourth-order valence-electron chi connectivity index (χ4n) is 5.48. The highest BCUT2D eigenvalue weighted by atomic mass is 35.5. The van der Waals surface area contributed by atoms with Crippen molar-refractivity contribution in [2.24, 2.45) is 0 Å². The minimum absolute atomic E-state index is 0.0899. The van der Waals surface area contributed by atoms with Crippen LogP contribution in [0.4, 0.5) is 5.69 Å². The lowest BCUT2D eigenvalue weighted by Crippen LogP contribution is -2.30. The Bertz CT molecular complexity index is 2300. The summed E-state index contributed by atoms with van der Waals surface area (Å²) >= 11 is 16.9. The van der Waals surface area contributed by atoms with Gasteiger partial charge in [0.2, 0.25) is 11.8 Å². The monoisotopic (exact) mass is 780 g/mol. The molecule has 2 heterocycles. The van der Waals surface area contributed by atoms with Crippen molar-refractivity contribution in [3.8, 4) is 17.1 Å². The van der Waals surface area contributed by atoms with Gasteiger partial charge in [-0.05, 0) is 66.6 Å². The van der Waals surface area contributed by atoms with Gasteiger partial charge < -0.3 is 10.6 Å². The molecule has 13 heteroatoms. The number of hydrogen-bond donors (Lipinski definition) is 2. The molecule has 1 atom stereocenters. The molecular formula is C39H30Cl2N6O2S3. The Morgan fingerprint density at radius 3 is 2.17 bits per heavy atom. The summed E-state index contributed by atoms with van der Waals surface area (Å²) in [4.78, 5) is 31.3. The zero-order chi connectivity index (χ0) is 36.0. The zero-order valence-corrected chi connectivity index (χ0v) is 31.5. The molecule has 0 fully saturated rings. The summed E-state index contributed by atoms with van der Waals surface area (Å²) in [5.41, 5.74) is 4.97. The summed E-state index contributed by atoms with van der Waals surface area (Å²) in [6.45, 7) is 1.82. The predicted molar refractivity (Wildman–Crippen MR) is 214 cm³/mol. The molecule has 0 saturated heterocycles. The standard InChI is InChI=1S/C39H30Cl2N6O2S3/c1-24(51-38-46-45-36(30-19-17-27(40)21-31(30)41)47(38)29-15-9-4-10-16-29)37(49)42-28-18-20-32-33(22-28)52-39(43-32)50-23-34(48)44-35(25-11-5-2-6-12-25)26-13-7-3-8-14-26/h2-22,24,35H,23H2,1H3,(H,42,49)(H,44,48)/t24-/m0/s1. The van der Waals surface area contributed by atoms with E-state index < -0.39 is 5.25 Å². The van der Waals surface area contributed by atoms with Crippen molar-refractivity contribution >= 4 is 85.8 Å². The number of carbonyl (C=O) groups is 2. The first-order chi connectivity index (χ1) is 25.3. The van der Waals surface area contributed by atoms with Gasteiger partial charge in [0.25, 0.3) is 0 Å². The molecular weight excluding hydrogens is 752 g/mol. The number of hydrogen-bond acceptors (Lipinski definition) is 8. The van der Waals surface area contributed by atoms with Gasteiger partial charge in [0.15, 0.2) is 15.3 Å². The van der Waals surface area contributed by atoms with Crippen molar-refractivity contribution < 1.29 is 9.59 Å². The van der Waals surface area contributed by atoms with Gasteiger partial charge in [-0.3, -0.25) is 14.2 Å². The number of nitrogens with zero attached hydrogens (tertiary/aromatic N) is 4. The summed E-state index contributed by atoms with van der Waals surface area (Å²) < 4.78 is 3.56. The number of anilines is 1. The lowest BCUT2D eigenvalue weighted by molar-refractivity contribution is -0.119. The Hall–Kier alpha value is -4.65. The van der Waals surface area contributed by atoms with Gasteiger partial charge in [-0.15, -0.1) is 21.5 Å². The lowest BCUT2D eigenvalue weighted by atomic mass is 9.99. The highest BCUT2D eigenvalue weighted by Crippen LogP contribution is 2.36. The molecule has 8 nitrogen and oxygen atoms in total. The van der Waals surface area contributed by atoms with Crippen LogP contribution in [0.3, 0.4) is 0 Å². The van der Waals surface area contributed by atoms with E-state index >= 15 is 0 Å². The van der Waals surface area contributed by atoms with E-state index in [0.29, 0.717) is 32.3 Å². The van der Waals surface area contributed by atoms with Crippen molar-refractivity contribution in [1.29, 1.82) is 0 Å².